The highest BCUT2D eigenvalue weighted by atomic mass is 35.5. The molecule has 1 aliphatic rings. The average molecular weight is 319 g/mol. The van der Waals surface area contributed by atoms with Gasteiger partial charge in [0.2, 0.25) is 0 Å². The van der Waals surface area contributed by atoms with E-state index in [0.29, 0.717) is 17.3 Å². The number of hydrogen-bond acceptors (Lipinski definition) is 3. The molecule has 0 spiro atoms. The monoisotopic (exact) mass is 318 g/mol. The van der Waals surface area contributed by atoms with Crippen LogP contribution in [0.2, 0.25) is 5.02 Å². The molecule has 0 radical (unpaired) electrons. The lowest BCUT2D eigenvalue weighted by Crippen LogP contribution is -2.47. The van der Waals surface area contributed by atoms with Gasteiger partial charge in [-0.1, -0.05) is 17.7 Å². The van der Waals surface area contributed by atoms with Crippen molar-refractivity contribution in [3.05, 3.63) is 47.2 Å². The Hall–Kier alpha value is -1.85. The fraction of sp³-hybridized carbons (Fsp3) is 0.375. The largest absolute Gasteiger partial charge is 0.333 e. The molecule has 1 aliphatic heterocycles. The molecular weight excluding hydrogens is 300 g/mol. The summed E-state index contributed by atoms with van der Waals surface area (Å²) in [5, 5.41) is 5.03. The minimum Gasteiger partial charge on any atom is -0.333 e. The molecule has 2 aromatic rings. The first-order valence-electron chi connectivity index (χ1n) is 7.51. The lowest BCUT2D eigenvalue weighted by Gasteiger charge is -2.34. The SMILES string of the molecule is NCC1CCCCN1C(=O)c1ccn(-c2cccc(Cl)c2)n1. The van der Waals surface area contributed by atoms with E-state index in [1.165, 1.54) is 0 Å². The van der Waals surface area contributed by atoms with Crippen LogP contribution in [0.15, 0.2) is 36.5 Å². The number of benzene rings is 1. The molecule has 0 saturated carbocycles. The van der Waals surface area contributed by atoms with Gasteiger partial charge >= 0.3 is 0 Å². The molecule has 1 unspecified atom stereocenters. The van der Waals surface area contributed by atoms with Crippen molar-refractivity contribution in [2.45, 2.75) is 25.3 Å². The minimum atomic E-state index is -0.0454. The summed E-state index contributed by atoms with van der Waals surface area (Å²) in [6.07, 6.45) is 4.90. The highest BCUT2D eigenvalue weighted by Crippen LogP contribution is 2.19. The number of likely N-dealkylation sites (tertiary alicyclic amines) is 1. The Morgan fingerprint density at radius 1 is 1.36 bits per heavy atom. The lowest BCUT2D eigenvalue weighted by molar-refractivity contribution is 0.0617. The van der Waals surface area contributed by atoms with Gasteiger partial charge in [0.05, 0.1) is 5.69 Å². The molecule has 2 heterocycles. The molecule has 1 amide bonds. The Kier molecular flexibility index (Phi) is 4.45. The summed E-state index contributed by atoms with van der Waals surface area (Å²) in [5.41, 5.74) is 7.07. The molecule has 5 nitrogen and oxygen atoms in total. The van der Waals surface area contributed by atoms with Crippen molar-refractivity contribution in [1.82, 2.24) is 14.7 Å². The van der Waals surface area contributed by atoms with Crippen LogP contribution in [0.1, 0.15) is 29.8 Å². The zero-order valence-electron chi connectivity index (χ0n) is 12.3. The summed E-state index contributed by atoms with van der Waals surface area (Å²) < 4.78 is 1.67. The third-order valence-electron chi connectivity index (χ3n) is 4.04. The molecule has 0 bridgehead atoms. The van der Waals surface area contributed by atoms with E-state index >= 15 is 0 Å². The number of hydrogen-bond donors (Lipinski definition) is 1. The van der Waals surface area contributed by atoms with Crippen molar-refractivity contribution in [1.29, 1.82) is 0 Å². The van der Waals surface area contributed by atoms with Crippen molar-refractivity contribution in [3.8, 4) is 5.69 Å². The van der Waals surface area contributed by atoms with Crippen LogP contribution in [-0.2, 0) is 0 Å². The first-order chi connectivity index (χ1) is 10.7. The molecular formula is C16H19ClN4O. The van der Waals surface area contributed by atoms with Gasteiger partial charge in [0.1, 0.15) is 0 Å². The summed E-state index contributed by atoms with van der Waals surface area (Å²) in [6, 6.07) is 9.24. The van der Waals surface area contributed by atoms with E-state index < -0.39 is 0 Å². The van der Waals surface area contributed by atoms with Gasteiger partial charge in [-0.15, -0.1) is 0 Å². The van der Waals surface area contributed by atoms with Crippen molar-refractivity contribution < 1.29 is 4.79 Å². The Labute approximate surface area is 134 Å². The predicted octanol–water partition coefficient (Wildman–Crippen LogP) is 2.48. The molecule has 0 aliphatic carbocycles. The Morgan fingerprint density at radius 3 is 3.00 bits per heavy atom. The van der Waals surface area contributed by atoms with Crippen LogP contribution >= 0.6 is 11.6 Å². The maximum Gasteiger partial charge on any atom is 0.274 e. The zero-order chi connectivity index (χ0) is 15.5. The number of carbonyl (C=O) groups is 1. The predicted molar refractivity (Wildman–Crippen MR) is 86.3 cm³/mol. The van der Waals surface area contributed by atoms with Crippen LogP contribution in [-0.4, -0.2) is 39.7 Å². The summed E-state index contributed by atoms with van der Waals surface area (Å²) in [7, 11) is 0. The van der Waals surface area contributed by atoms with Gasteiger partial charge in [-0.05, 0) is 43.5 Å². The molecule has 1 aromatic heterocycles. The summed E-state index contributed by atoms with van der Waals surface area (Å²) >= 11 is 5.99. The van der Waals surface area contributed by atoms with Crippen LogP contribution in [0.5, 0.6) is 0 Å². The van der Waals surface area contributed by atoms with Crippen LogP contribution in [0.25, 0.3) is 5.69 Å². The Morgan fingerprint density at radius 2 is 2.23 bits per heavy atom. The fourth-order valence-electron chi connectivity index (χ4n) is 2.86. The number of carbonyl (C=O) groups excluding carboxylic acids is 1. The van der Waals surface area contributed by atoms with Crippen molar-refractivity contribution in [2.75, 3.05) is 13.1 Å². The van der Waals surface area contributed by atoms with Gasteiger partial charge in [-0.2, -0.15) is 5.10 Å². The zero-order valence-corrected chi connectivity index (χ0v) is 13.0. The average Bonchev–Trinajstić information content (AvgIpc) is 3.04. The summed E-state index contributed by atoms with van der Waals surface area (Å²) in [4.78, 5) is 14.5. The van der Waals surface area contributed by atoms with Crippen molar-refractivity contribution in [3.63, 3.8) is 0 Å². The van der Waals surface area contributed by atoms with Gasteiger partial charge in [0.15, 0.2) is 5.69 Å². The second kappa shape index (κ2) is 6.50. The van der Waals surface area contributed by atoms with E-state index in [1.54, 1.807) is 23.0 Å². The summed E-state index contributed by atoms with van der Waals surface area (Å²) in [6.45, 7) is 1.26. The first kappa shape index (κ1) is 15.1. The molecule has 1 aromatic carbocycles. The van der Waals surface area contributed by atoms with Gasteiger partial charge in [0, 0.05) is 30.4 Å². The number of aromatic nitrogens is 2. The maximum absolute atomic E-state index is 12.6. The van der Waals surface area contributed by atoms with E-state index in [1.807, 2.05) is 23.1 Å². The van der Waals surface area contributed by atoms with Crippen LogP contribution in [0.4, 0.5) is 0 Å². The molecule has 2 N–H and O–H groups in total. The molecule has 3 rings (SSSR count). The highest BCUT2D eigenvalue weighted by molar-refractivity contribution is 6.30. The van der Waals surface area contributed by atoms with Crippen molar-refractivity contribution in [2.24, 2.45) is 5.73 Å². The van der Waals surface area contributed by atoms with Crippen LogP contribution in [0.3, 0.4) is 0 Å². The number of halogens is 1. The normalized spacial score (nSPS) is 18.5. The molecule has 6 heteroatoms. The lowest BCUT2D eigenvalue weighted by atomic mass is 10.0. The van der Waals surface area contributed by atoms with E-state index in [4.69, 9.17) is 17.3 Å². The molecule has 22 heavy (non-hydrogen) atoms. The molecule has 1 fully saturated rings. The van der Waals surface area contributed by atoms with E-state index in [2.05, 4.69) is 5.10 Å². The smallest absolute Gasteiger partial charge is 0.274 e. The number of nitrogens with zero attached hydrogens (tertiary/aromatic N) is 3. The fourth-order valence-corrected chi connectivity index (χ4v) is 3.05. The number of nitrogens with two attached hydrogens (primary N) is 1. The van der Waals surface area contributed by atoms with Gasteiger partial charge in [0.25, 0.3) is 5.91 Å². The first-order valence-corrected chi connectivity index (χ1v) is 7.89. The number of piperidine rings is 1. The van der Waals surface area contributed by atoms with E-state index in [0.717, 1.165) is 31.5 Å². The molecule has 1 saturated heterocycles. The number of amides is 1. The quantitative estimate of drug-likeness (QED) is 0.945. The van der Waals surface area contributed by atoms with Gasteiger partial charge in [-0.3, -0.25) is 4.79 Å². The van der Waals surface area contributed by atoms with E-state index in [-0.39, 0.29) is 11.9 Å². The third-order valence-corrected chi connectivity index (χ3v) is 4.28. The Bertz CT molecular complexity index is 670. The topological polar surface area (TPSA) is 64.2 Å². The maximum atomic E-state index is 12.6. The van der Waals surface area contributed by atoms with Crippen LogP contribution < -0.4 is 5.73 Å². The number of rotatable bonds is 3. The molecule has 1 atom stereocenters. The third kappa shape index (κ3) is 3.00. The molecule has 116 valence electrons. The second-order valence-corrected chi connectivity index (χ2v) is 5.95. The second-order valence-electron chi connectivity index (χ2n) is 5.51. The van der Waals surface area contributed by atoms with E-state index in [9.17, 15) is 4.79 Å². The highest BCUT2D eigenvalue weighted by Gasteiger charge is 2.27. The Balaban J connectivity index is 1.82. The van der Waals surface area contributed by atoms with Crippen LogP contribution in [0, 0.1) is 0 Å². The minimum absolute atomic E-state index is 0.0454. The van der Waals surface area contributed by atoms with Gasteiger partial charge in [-0.25, -0.2) is 4.68 Å². The van der Waals surface area contributed by atoms with Crippen molar-refractivity contribution >= 4 is 17.5 Å². The van der Waals surface area contributed by atoms with Gasteiger partial charge < -0.3 is 10.6 Å². The summed E-state index contributed by atoms with van der Waals surface area (Å²) in [5.74, 6) is -0.0454. The standard InChI is InChI=1S/C16H19ClN4O/c17-12-4-3-6-13(10-12)21-9-7-15(19-21)16(22)20-8-2-1-5-14(20)11-18/h3-4,6-7,9-10,14H,1-2,5,8,11,18H2.